The van der Waals surface area contributed by atoms with Gasteiger partial charge in [-0.3, -0.25) is 4.79 Å². The molecule has 1 amide bonds. The molecule has 9 nitrogen and oxygen atoms in total. The van der Waals surface area contributed by atoms with Crippen molar-refractivity contribution in [3.63, 3.8) is 0 Å². The van der Waals surface area contributed by atoms with Gasteiger partial charge >= 0.3 is 0 Å². The minimum Gasteiger partial charge on any atom is -0.394 e. The Morgan fingerprint density at radius 2 is 1.18 bits per heavy atom. The van der Waals surface area contributed by atoms with Crippen LogP contribution in [0.15, 0.2) is 36.5 Å². The maximum absolute atomic E-state index is 12.9. The summed E-state index contributed by atoms with van der Waals surface area (Å²) in [4.78, 5) is 12.9. The van der Waals surface area contributed by atoms with Gasteiger partial charge in [0.25, 0.3) is 0 Å². The van der Waals surface area contributed by atoms with Gasteiger partial charge in [0.1, 0.15) is 24.4 Å². The highest BCUT2D eigenvalue weighted by atomic mass is 16.7. The van der Waals surface area contributed by atoms with Crippen molar-refractivity contribution in [3.05, 3.63) is 36.5 Å². The molecule has 2 unspecified atom stereocenters. The van der Waals surface area contributed by atoms with E-state index < -0.39 is 49.5 Å². The van der Waals surface area contributed by atoms with Crippen LogP contribution in [0, 0.1) is 0 Å². The monoisotopic (exact) mass is 710 g/mol. The molecule has 0 bridgehead atoms. The molecule has 0 aliphatic carbocycles. The first-order chi connectivity index (χ1) is 24.3. The number of carbonyl (C=O) groups is 1. The topological polar surface area (TPSA) is 149 Å². The fraction of sp³-hybridized carbons (Fsp3) is 0.829. The second-order valence-electron chi connectivity index (χ2n) is 14.1. The lowest BCUT2D eigenvalue weighted by molar-refractivity contribution is -0.302. The van der Waals surface area contributed by atoms with Crippen LogP contribution in [0.5, 0.6) is 0 Å². The summed E-state index contributed by atoms with van der Waals surface area (Å²) in [7, 11) is 0. The number of unbranched alkanes of at least 4 members (excludes halogenated alkanes) is 16. The zero-order valence-electron chi connectivity index (χ0n) is 31.6. The SMILES string of the molecule is CCCCC/C=C/C/C=C/CCCCCCCC(=O)N[C@@H](CO[C@H]1O[C@@H](CO)[C@H](O)C(O)C1O)[C@H](O)CCCC/C=C/CCCCCCCC. The van der Waals surface area contributed by atoms with Gasteiger partial charge in [-0.15, -0.1) is 0 Å². The summed E-state index contributed by atoms with van der Waals surface area (Å²) >= 11 is 0. The molecular weight excluding hydrogens is 634 g/mol. The van der Waals surface area contributed by atoms with Crippen molar-refractivity contribution in [1.29, 1.82) is 0 Å². The molecule has 0 saturated carbocycles. The van der Waals surface area contributed by atoms with Crippen LogP contribution >= 0.6 is 0 Å². The quantitative estimate of drug-likeness (QED) is 0.0314. The molecule has 6 N–H and O–H groups in total. The Balaban J connectivity index is 2.43. The largest absolute Gasteiger partial charge is 0.394 e. The van der Waals surface area contributed by atoms with E-state index in [1.165, 1.54) is 64.2 Å². The number of aliphatic hydroxyl groups is 5. The number of hydrogen-bond donors (Lipinski definition) is 6. The van der Waals surface area contributed by atoms with Gasteiger partial charge in [-0.1, -0.05) is 121 Å². The molecule has 7 atom stereocenters. The van der Waals surface area contributed by atoms with E-state index in [0.29, 0.717) is 12.8 Å². The van der Waals surface area contributed by atoms with E-state index in [2.05, 4.69) is 55.6 Å². The number of hydrogen-bond acceptors (Lipinski definition) is 8. The first kappa shape index (κ1) is 46.4. The summed E-state index contributed by atoms with van der Waals surface area (Å²) in [5.41, 5.74) is 0. The van der Waals surface area contributed by atoms with Crippen LogP contribution in [0.4, 0.5) is 0 Å². The van der Waals surface area contributed by atoms with Crippen molar-refractivity contribution >= 4 is 5.91 Å². The number of nitrogens with one attached hydrogen (secondary N) is 1. The summed E-state index contributed by atoms with van der Waals surface area (Å²) in [6.45, 7) is 3.74. The first-order valence-electron chi connectivity index (χ1n) is 20.2. The first-order valence-corrected chi connectivity index (χ1v) is 20.2. The predicted molar refractivity (Wildman–Crippen MR) is 203 cm³/mol. The fourth-order valence-corrected chi connectivity index (χ4v) is 6.12. The Bertz CT molecular complexity index is 879. The minimum atomic E-state index is -1.56. The van der Waals surface area contributed by atoms with E-state index in [1.807, 2.05) is 0 Å². The second kappa shape index (κ2) is 32.1. The Morgan fingerprint density at radius 3 is 1.78 bits per heavy atom. The summed E-state index contributed by atoms with van der Waals surface area (Å²) < 4.78 is 11.2. The van der Waals surface area contributed by atoms with E-state index in [4.69, 9.17) is 9.47 Å². The Morgan fingerprint density at radius 1 is 0.680 bits per heavy atom. The predicted octanol–water partition coefficient (Wildman–Crippen LogP) is 7.33. The highest BCUT2D eigenvalue weighted by Gasteiger charge is 2.44. The summed E-state index contributed by atoms with van der Waals surface area (Å²) in [5.74, 6) is -0.172. The van der Waals surface area contributed by atoms with Crippen LogP contribution in [-0.4, -0.2) is 87.5 Å². The molecule has 1 saturated heterocycles. The molecule has 292 valence electrons. The van der Waals surface area contributed by atoms with Gasteiger partial charge in [-0.05, 0) is 70.6 Å². The Kier molecular flexibility index (Phi) is 29.8. The number of carbonyl (C=O) groups excluding carboxylic acids is 1. The zero-order valence-corrected chi connectivity index (χ0v) is 31.6. The van der Waals surface area contributed by atoms with Crippen molar-refractivity contribution < 1.29 is 39.8 Å². The van der Waals surface area contributed by atoms with Gasteiger partial charge in [0.15, 0.2) is 6.29 Å². The molecule has 1 heterocycles. The highest BCUT2D eigenvalue weighted by Crippen LogP contribution is 2.23. The third-order valence-corrected chi connectivity index (χ3v) is 9.47. The maximum Gasteiger partial charge on any atom is 0.220 e. The average molecular weight is 710 g/mol. The second-order valence-corrected chi connectivity index (χ2v) is 14.1. The van der Waals surface area contributed by atoms with Crippen LogP contribution in [0.1, 0.15) is 162 Å². The standard InChI is InChI=1S/C41H75NO8/c1-3-5-7-9-11-13-15-17-18-19-21-23-25-27-29-31-37(45)42-34(33-49-41-40(48)39(47)38(46)36(32-43)50-41)35(44)30-28-26-24-22-20-16-14-12-10-8-6-4-2/h11,13,17-18,20,22,34-36,38-41,43-44,46-48H,3-10,12,14-16,19,21,23-33H2,1-2H3,(H,42,45)/b13-11+,18-17+,22-20+/t34-,35+,36-,38-,39?,40?,41-/m0/s1. The van der Waals surface area contributed by atoms with Gasteiger partial charge in [0.2, 0.25) is 5.91 Å². The van der Waals surface area contributed by atoms with Crippen molar-refractivity contribution in [2.75, 3.05) is 13.2 Å². The molecule has 50 heavy (non-hydrogen) atoms. The van der Waals surface area contributed by atoms with E-state index in [-0.39, 0.29) is 12.5 Å². The molecule has 0 aromatic rings. The van der Waals surface area contributed by atoms with Crippen LogP contribution in [0.2, 0.25) is 0 Å². The molecule has 0 aromatic heterocycles. The number of allylic oxidation sites excluding steroid dienone is 6. The third-order valence-electron chi connectivity index (χ3n) is 9.47. The molecule has 1 aliphatic rings. The lowest BCUT2D eigenvalue weighted by Gasteiger charge is -2.40. The molecule has 0 aromatic carbocycles. The smallest absolute Gasteiger partial charge is 0.220 e. The molecule has 0 radical (unpaired) electrons. The van der Waals surface area contributed by atoms with Crippen molar-refractivity contribution in [2.24, 2.45) is 0 Å². The lowest BCUT2D eigenvalue weighted by atomic mass is 9.99. The normalized spacial score (nSPS) is 22.6. The van der Waals surface area contributed by atoms with Crippen molar-refractivity contribution in [1.82, 2.24) is 5.32 Å². The van der Waals surface area contributed by atoms with Crippen molar-refractivity contribution in [2.45, 2.75) is 204 Å². The van der Waals surface area contributed by atoms with Gasteiger partial charge in [0.05, 0.1) is 25.4 Å². The van der Waals surface area contributed by atoms with Crippen LogP contribution in [0.3, 0.4) is 0 Å². The average Bonchev–Trinajstić information content (AvgIpc) is 3.11. The molecule has 0 spiro atoms. The van der Waals surface area contributed by atoms with Crippen LogP contribution in [0.25, 0.3) is 0 Å². The maximum atomic E-state index is 12.9. The molecule has 1 aliphatic heterocycles. The summed E-state index contributed by atoms with van der Waals surface area (Å²) in [5, 5.41) is 54.1. The zero-order chi connectivity index (χ0) is 36.7. The van der Waals surface area contributed by atoms with E-state index in [0.717, 1.165) is 70.6 Å². The van der Waals surface area contributed by atoms with Gasteiger partial charge in [0, 0.05) is 6.42 Å². The molecular formula is C41H75NO8. The number of aliphatic hydroxyl groups excluding tert-OH is 5. The van der Waals surface area contributed by atoms with E-state index in [1.54, 1.807) is 0 Å². The van der Waals surface area contributed by atoms with Gasteiger partial charge in [-0.25, -0.2) is 0 Å². The number of ether oxygens (including phenoxy) is 2. The Labute approximate surface area is 304 Å². The lowest BCUT2D eigenvalue weighted by Crippen LogP contribution is -2.60. The highest BCUT2D eigenvalue weighted by molar-refractivity contribution is 5.76. The summed E-state index contributed by atoms with van der Waals surface area (Å²) in [6.07, 6.45) is 30.0. The molecule has 9 heteroatoms. The van der Waals surface area contributed by atoms with E-state index in [9.17, 15) is 30.3 Å². The molecule has 1 rings (SSSR count). The van der Waals surface area contributed by atoms with E-state index >= 15 is 0 Å². The van der Waals surface area contributed by atoms with Crippen molar-refractivity contribution in [3.8, 4) is 0 Å². The molecule has 1 fully saturated rings. The third kappa shape index (κ3) is 23.1. The minimum absolute atomic E-state index is 0.157. The summed E-state index contributed by atoms with van der Waals surface area (Å²) in [6, 6.07) is -0.740. The number of amides is 1. The van der Waals surface area contributed by atoms with Gasteiger partial charge < -0.3 is 40.3 Å². The van der Waals surface area contributed by atoms with Crippen LogP contribution < -0.4 is 5.32 Å². The van der Waals surface area contributed by atoms with Crippen LogP contribution in [-0.2, 0) is 14.3 Å². The fourth-order valence-electron chi connectivity index (χ4n) is 6.12. The van der Waals surface area contributed by atoms with Gasteiger partial charge in [-0.2, -0.15) is 0 Å². The Hall–Kier alpha value is -1.59. The number of rotatable bonds is 32.